The Kier molecular flexibility index (Phi) is 5.69. The van der Waals surface area contributed by atoms with Crippen LogP contribution in [0.25, 0.3) is 6.08 Å². The highest BCUT2D eigenvalue weighted by molar-refractivity contribution is 7.92. The number of amides is 1. The van der Waals surface area contributed by atoms with Crippen LogP contribution in [0, 0.1) is 17.8 Å². The van der Waals surface area contributed by atoms with Crippen molar-refractivity contribution in [3.8, 4) is 0 Å². The van der Waals surface area contributed by atoms with Crippen LogP contribution < -0.4 is 15.4 Å². The van der Waals surface area contributed by atoms with Gasteiger partial charge in [-0.25, -0.2) is 8.42 Å². The van der Waals surface area contributed by atoms with Gasteiger partial charge in [0.25, 0.3) is 0 Å². The lowest BCUT2D eigenvalue weighted by molar-refractivity contribution is -0.111. The molecule has 0 aromatic heterocycles. The summed E-state index contributed by atoms with van der Waals surface area (Å²) in [5.74, 6) is 2.36. The third-order valence-electron chi connectivity index (χ3n) is 7.26. The van der Waals surface area contributed by atoms with Crippen LogP contribution in [-0.2, 0) is 14.8 Å². The van der Waals surface area contributed by atoms with Gasteiger partial charge >= 0.3 is 0 Å². The first-order chi connectivity index (χ1) is 15.8. The molecule has 0 aliphatic heterocycles. The Bertz CT molecular complexity index is 1140. The molecule has 2 aromatic rings. The van der Waals surface area contributed by atoms with Gasteiger partial charge in [-0.2, -0.15) is 0 Å². The van der Waals surface area contributed by atoms with E-state index in [1.54, 1.807) is 30.3 Å². The SMILES string of the molecule is CS(=O)(=O)Nc1ccc(/C=C/C(=O)Nc2ccccc2NC23CC4CC(CC(C4)C2)C3)cc1. The third-order valence-corrected chi connectivity index (χ3v) is 7.87. The number of carbonyl (C=O) groups excluding carboxylic acids is 1. The van der Waals surface area contributed by atoms with Crippen molar-refractivity contribution in [3.05, 3.63) is 60.2 Å². The van der Waals surface area contributed by atoms with Gasteiger partial charge in [0.2, 0.25) is 15.9 Å². The number of para-hydroxylation sites is 2. The average Bonchev–Trinajstić information content (AvgIpc) is 2.72. The Balaban J connectivity index is 1.24. The van der Waals surface area contributed by atoms with Crippen LogP contribution in [0.3, 0.4) is 0 Å². The molecule has 4 saturated carbocycles. The molecule has 0 unspecified atom stereocenters. The summed E-state index contributed by atoms with van der Waals surface area (Å²) in [5.41, 5.74) is 3.27. The minimum Gasteiger partial charge on any atom is -0.378 e. The number of carbonyl (C=O) groups is 1. The van der Waals surface area contributed by atoms with Crippen LogP contribution in [0.1, 0.15) is 44.1 Å². The highest BCUT2D eigenvalue weighted by atomic mass is 32.2. The summed E-state index contributed by atoms with van der Waals surface area (Å²) in [6, 6.07) is 14.8. The van der Waals surface area contributed by atoms with Gasteiger partial charge in [-0.3, -0.25) is 9.52 Å². The lowest BCUT2D eigenvalue weighted by Crippen LogP contribution is -2.54. The molecule has 7 heteroatoms. The molecule has 4 aliphatic rings. The van der Waals surface area contributed by atoms with Crippen molar-refractivity contribution >= 4 is 39.1 Å². The molecule has 2 aromatic carbocycles. The number of anilines is 3. The fourth-order valence-electron chi connectivity index (χ4n) is 6.47. The van der Waals surface area contributed by atoms with Gasteiger partial charge in [0, 0.05) is 17.3 Å². The van der Waals surface area contributed by atoms with Gasteiger partial charge in [-0.1, -0.05) is 24.3 Å². The Morgan fingerprint density at radius 3 is 2.06 bits per heavy atom. The van der Waals surface area contributed by atoms with Gasteiger partial charge in [-0.05, 0) is 92.2 Å². The normalized spacial score (nSPS) is 28.1. The van der Waals surface area contributed by atoms with Gasteiger partial charge in [0.15, 0.2) is 0 Å². The van der Waals surface area contributed by atoms with Crippen molar-refractivity contribution < 1.29 is 13.2 Å². The molecular formula is C26H31N3O3S. The van der Waals surface area contributed by atoms with E-state index in [1.165, 1.54) is 44.6 Å². The maximum atomic E-state index is 12.6. The maximum Gasteiger partial charge on any atom is 0.248 e. The molecule has 3 N–H and O–H groups in total. The van der Waals surface area contributed by atoms with Crippen LogP contribution in [0.2, 0.25) is 0 Å². The van der Waals surface area contributed by atoms with Crippen LogP contribution in [-0.4, -0.2) is 26.1 Å². The number of hydrogen-bond acceptors (Lipinski definition) is 4. The zero-order chi connectivity index (χ0) is 23.1. The van der Waals surface area contributed by atoms with Gasteiger partial charge in [0.05, 0.1) is 17.6 Å². The van der Waals surface area contributed by atoms with Gasteiger partial charge in [0.1, 0.15) is 0 Å². The van der Waals surface area contributed by atoms with E-state index in [0.717, 1.165) is 40.9 Å². The molecular weight excluding hydrogens is 434 g/mol. The van der Waals surface area contributed by atoms with E-state index in [1.807, 2.05) is 18.2 Å². The molecule has 33 heavy (non-hydrogen) atoms. The van der Waals surface area contributed by atoms with Crippen molar-refractivity contribution in [1.29, 1.82) is 0 Å². The summed E-state index contributed by atoms with van der Waals surface area (Å²) in [6.07, 6.45) is 12.2. The number of hydrogen-bond donors (Lipinski definition) is 3. The number of benzene rings is 2. The monoisotopic (exact) mass is 465 g/mol. The summed E-state index contributed by atoms with van der Waals surface area (Å²) in [7, 11) is -3.31. The topological polar surface area (TPSA) is 87.3 Å². The van der Waals surface area contributed by atoms with Crippen molar-refractivity contribution in [2.75, 3.05) is 21.6 Å². The molecule has 6 nitrogen and oxygen atoms in total. The highest BCUT2D eigenvalue weighted by Crippen LogP contribution is 2.56. The molecule has 0 saturated heterocycles. The van der Waals surface area contributed by atoms with E-state index < -0.39 is 10.0 Å². The van der Waals surface area contributed by atoms with E-state index in [9.17, 15) is 13.2 Å². The van der Waals surface area contributed by atoms with Crippen LogP contribution >= 0.6 is 0 Å². The Hall–Kier alpha value is -2.80. The van der Waals surface area contributed by atoms with Gasteiger partial charge in [-0.15, -0.1) is 0 Å². The zero-order valence-corrected chi connectivity index (χ0v) is 19.7. The molecule has 4 bridgehead atoms. The van der Waals surface area contributed by atoms with E-state index in [4.69, 9.17) is 0 Å². The van der Waals surface area contributed by atoms with Crippen molar-refractivity contribution in [2.45, 2.75) is 44.1 Å². The van der Waals surface area contributed by atoms with E-state index in [-0.39, 0.29) is 11.4 Å². The molecule has 0 heterocycles. The standard InChI is InChI=1S/C26H31N3O3S/c1-33(31,32)29-22-9-6-18(7-10-22)8-11-25(30)27-23-4-2-3-5-24(23)28-26-15-19-12-20(16-26)14-21(13-19)17-26/h2-11,19-21,28-29H,12-17H2,1H3,(H,27,30)/b11-8+. The molecule has 0 spiro atoms. The number of sulfonamides is 1. The zero-order valence-electron chi connectivity index (χ0n) is 18.9. The lowest BCUT2D eigenvalue weighted by Gasteiger charge is -2.57. The van der Waals surface area contributed by atoms with E-state index >= 15 is 0 Å². The van der Waals surface area contributed by atoms with Crippen LogP contribution in [0.5, 0.6) is 0 Å². The summed E-state index contributed by atoms with van der Waals surface area (Å²) in [5, 5.41) is 6.89. The molecule has 0 atom stereocenters. The summed E-state index contributed by atoms with van der Waals surface area (Å²) in [6.45, 7) is 0. The van der Waals surface area contributed by atoms with Crippen molar-refractivity contribution in [2.24, 2.45) is 17.8 Å². The van der Waals surface area contributed by atoms with Crippen molar-refractivity contribution in [3.63, 3.8) is 0 Å². The number of nitrogens with one attached hydrogen (secondary N) is 3. The summed E-state index contributed by atoms with van der Waals surface area (Å²) < 4.78 is 25.1. The first kappa shape index (κ1) is 22.0. The Labute approximate surface area is 195 Å². The quantitative estimate of drug-likeness (QED) is 0.497. The second-order valence-corrected chi connectivity index (χ2v) is 11.9. The molecule has 4 aliphatic carbocycles. The smallest absolute Gasteiger partial charge is 0.248 e. The van der Waals surface area contributed by atoms with Crippen molar-refractivity contribution in [1.82, 2.24) is 0 Å². The second kappa shape index (κ2) is 8.52. The molecule has 174 valence electrons. The fourth-order valence-corrected chi connectivity index (χ4v) is 7.04. The molecule has 1 amide bonds. The second-order valence-electron chi connectivity index (χ2n) is 10.2. The Morgan fingerprint density at radius 1 is 0.909 bits per heavy atom. The fraction of sp³-hybridized carbons (Fsp3) is 0.423. The predicted molar refractivity (Wildman–Crippen MR) is 134 cm³/mol. The molecule has 0 radical (unpaired) electrons. The minimum atomic E-state index is -3.31. The molecule has 6 rings (SSSR count). The Morgan fingerprint density at radius 2 is 1.48 bits per heavy atom. The largest absolute Gasteiger partial charge is 0.378 e. The highest BCUT2D eigenvalue weighted by Gasteiger charge is 2.51. The predicted octanol–water partition coefficient (Wildman–Crippen LogP) is 5.09. The van der Waals surface area contributed by atoms with Crippen LogP contribution in [0.4, 0.5) is 17.1 Å². The first-order valence-corrected chi connectivity index (χ1v) is 13.6. The average molecular weight is 466 g/mol. The van der Waals surface area contributed by atoms with E-state index in [0.29, 0.717) is 5.69 Å². The maximum absolute atomic E-state index is 12.6. The first-order valence-electron chi connectivity index (χ1n) is 11.7. The summed E-state index contributed by atoms with van der Waals surface area (Å²) >= 11 is 0. The van der Waals surface area contributed by atoms with Gasteiger partial charge < -0.3 is 10.6 Å². The summed E-state index contributed by atoms with van der Waals surface area (Å²) in [4.78, 5) is 12.6. The minimum absolute atomic E-state index is 0.174. The van der Waals surface area contributed by atoms with Crippen LogP contribution in [0.15, 0.2) is 54.6 Å². The third kappa shape index (κ3) is 5.24. The lowest BCUT2D eigenvalue weighted by atomic mass is 9.53. The number of rotatable bonds is 7. The molecule has 4 fully saturated rings. The van der Waals surface area contributed by atoms with E-state index in [2.05, 4.69) is 21.4 Å².